The van der Waals surface area contributed by atoms with Crippen molar-refractivity contribution in [2.45, 2.75) is 26.8 Å². The fraction of sp³-hybridized carbons (Fsp3) is 0.294. The van der Waals surface area contributed by atoms with Gasteiger partial charge in [0, 0.05) is 43.3 Å². The summed E-state index contributed by atoms with van der Waals surface area (Å²) in [5.74, 6) is -0.239. The quantitative estimate of drug-likeness (QED) is 0.736. The summed E-state index contributed by atoms with van der Waals surface area (Å²) in [6.07, 6.45) is 5.99. The predicted molar refractivity (Wildman–Crippen MR) is 97.0 cm³/mol. The molecule has 0 amide bonds. The molecule has 3 rings (SSSR count). The van der Waals surface area contributed by atoms with Gasteiger partial charge in [0.05, 0.1) is 21.2 Å². The first-order chi connectivity index (χ1) is 11.6. The molecule has 2 heterocycles. The second-order valence-corrected chi connectivity index (χ2v) is 6.20. The summed E-state index contributed by atoms with van der Waals surface area (Å²) in [4.78, 5) is 8.21. The minimum absolute atomic E-state index is 0.120. The van der Waals surface area contributed by atoms with Crippen LogP contribution in [-0.2, 0) is 6.54 Å². The highest BCUT2D eigenvalue weighted by molar-refractivity contribution is 9.11. The van der Waals surface area contributed by atoms with Crippen molar-refractivity contribution in [3.05, 3.63) is 58.0 Å². The van der Waals surface area contributed by atoms with E-state index in [-0.39, 0.29) is 18.1 Å². The number of dihydropyridines is 1. The average molecular weight is 395 g/mol. The van der Waals surface area contributed by atoms with Crippen LogP contribution in [0.2, 0.25) is 0 Å². The van der Waals surface area contributed by atoms with Crippen LogP contribution in [0.5, 0.6) is 0 Å². The summed E-state index contributed by atoms with van der Waals surface area (Å²) in [6, 6.07) is 3.01. The third-order valence-corrected chi connectivity index (χ3v) is 3.78. The molecule has 1 aliphatic rings. The van der Waals surface area contributed by atoms with E-state index in [1.54, 1.807) is 18.5 Å². The fourth-order valence-corrected chi connectivity index (χ4v) is 2.41. The number of nitrogens with zero attached hydrogens (tertiary/aromatic N) is 2. The minimum atomic E-state index is -0.359. The van der Waals surface area contributed by atoms with Crippen LogP contribution in [0.3, 0.4) is 0 Å². The molecule has 0 radical (unpaired) electrons. The van der Waals surface area contributed by atoms with Gasteiger partial charge < -0.3 is 15.7 Å². The molecule has 0 saturated heterocycles. The molecule has 1 aromatic carbocycles. The molecule has 0 unspecified atom stereocenters. The van der Waals surface area contributed by atoms with Crippen molar-refractivity contribution in [1.82, 2.24) is 20.6 Å². The highest BCUT2D eigenvalue weighted by Crippen LogP contribution is 2.20. The molecule has 1 aromatic heterocycles. The Hall–Kier alpha value is -2.15. The molecular weight excluding hydrogens is 375 g/mol. The van der Waals surface area contributed by atoms with E-state index in [4.69, 9.17) is 0 Å². The zero-order valence-electron chi connectivity index (χ0n) is 13.6. The Balaban J connectivity index is 0.000000647. The number of hydrogen-bond donors (Lipinski definition) is 3. The van der Waals surface area contributed by atoms with E-state index < -0.39 is 0 Å². The van der Waals surface area contributed by atoms with Crippen molar-refractivity contribution in [2.75, 3.05) is 6.54 Å². The Bertz CT molecular complexity index is 776. The van der Waals surface area contributed by atoms with E-state index >= 15 is 0 Å². The first-order valence-corrected chi connectivity index (χ1v) is 8.50. The lowest BCUT2D eigenvalue weighted by Gasteiger charge is -2.17. The van der Waals surface area contributed by atoms with Crippen molar-refractivity contribution >= 4 is 27.0 Å². The van der Waals surface area contributed by atoms with Gasteiger partial charge in [0.25, 0.3) is 0 Å². The standard InChI is InChI=1S/C14H12BrFN4O.C3H8/c15-9-6-17-7-13(14(9)21)20-5-8-3-11-12(4-10(8)16)19-2-1-18-11;1-3-2/h1-4,7,17,20-21H,5-6H2;3H2,1-2H3. The summed E-state index contributed by atoms with van der Waals surface area (Å²) < 4.78 is 14.7. The van der Waals surface area contributed by atoms with Crippen LogP contribution in [0.25, 0.3) is 11.0 Å². The van der Waals surface area contributed by atoms with Gasteiger partial charge in [-0.3, -0.25) is 9.97 Å². The molecule has 24 heavy (non-hydrogen) atoms. The lowest BCUT2D eigenvalue weighted by Crippen LogP contribution is -2.24. The molecule has 5 nitrogen and oxygen atoms in total. The molecule has 0 saturated carbocycles. The Morgan fingerprint density at radius 2 is 1.88 bits per heavy atom. The summed E-state index contributed by atoms with van der Waals surface area (Å²) in [5, 5.41) is 15.9. The zero-order chi connectivity index (χ0) is 17.5. The van der Waals surface area contributed by atoms with Crippen LogP contribution in [0.1, 0.15) is 25.8 Å². The lowest BCUT2D eigenvalue weighted by molar-refractivity contribution is 0.404. The SMILES string of the molecule is CCC.OC1=C(Br)CNC=C1NCc1cc2nccnc2cc1F. The molecule has 0 fully saturated rings. The van der Waals surface area contributed by atoms with Gasteiger partial charge in [-0.25, -0.2) is 4.39 Å². The van der Waals surface area contributed by atoms with Crippen LogP contribution in [0.15, 0.2) is 46.7 Å². The Morgan fingerprint density at radius 3 is 2.54 bits per heavy atom. The topological polar surface area (TPSA) is 70.1 Å². The maximum Gasteiger partial charge on any atom is 0.152 e. The molecule has 1 aliphatic heterocycles. The highest BCUT2D eigenvalue weighted by Gasteiger charge is 2.14. The number of nitrogens with one attached hydrogen (secondary N) is 2. The molecule has 3 N–H and O–H groups in total. The summed E-state index contributed by atoms with van der Waals surface area (Å²) in [5.41, 5.74) is 2.11. The van der Waals surface area contributed by atoms with Gasteiger partial charge in [-0.2, -0.15) is 0 Å². The van der Waals surface area contributed by atoms with Gasteiger partial charge >= 0.3 is 0 Å². The van der Waals surface area contributed by atoms with Crippen molar-refractivity contribution in [2.24, 2.45) is 0 Å². The summed E-state index contributed by atoms with van der Waals surface area (Å²) in [6.45, 7) is 5.01. The average Bonchev–Trinajstić information content (AvgIpc) is 2.57. The van der Waals surface area contributed by atoms with Crippen molar-refractivity contribution in [1.29, 1.82) is 0 Å². The Morgan fingerprint density at radius 1 is 1.25 bits per heavy atom. The van der Waals surface area contributed by atoms with Gasteiger partial charge in [-0.15, -0.1) is 0 Å². The Labute approximate surface area is 148 Å². The van der Waals surface area contributed by atoms with Gasteiger partial charge in [0.1, 0.15) is 5.82 Å². The summed E-state index contributed by atoms with van der Waals surface area (Å²) >= 11 is 3.26. The summed E-state index contributed by atoms with van der Waals surface area (Å²) in [7, 11) is 0. The van der Waals surface area contributed by atoms with E-state index in [0.29, 0.717) is 33.3 Å². The van der Waals surface area contributed by atoms with Crippen molar-refractivity contribution in [3.63, 3.8) is 0 Å². The lowest BCUT2D eigenvalue weighted by atomic mass is 10.1. The van der Waals surface area contributed by atoms with Gasteiger partial charge in [0.15, 0.2) is 5.76 Å². The normalized spacial score (nSPS) is 13.8. The smallest absolute Gasteiger partial charge is 0.152 e. The van der Waals surface area contributed by atoms with E-state index in [1.165, 1.54) is 18.7 Å². The fourth-order valence-electron chi connectivity index (χ4n) is 2.03. The molecule has 128 valence electrons. The predicted octanol–water partition coefficient (Wildman–Crippen LogP) is 3.88. The molecule has 7 heteroatoms. The maximum atomic E-state index is 14.0. The third-order valence-electron chi connectivity index (χ3n) is 3.12. The molecular formula is C17H20BrFN4O. The van der Waals surface area contributed by atoms with E-state index in [1.807, 2.05) is 0 Å². The number of aromatic nitrogens is 2. The van der Waals surface area contributed by atoms with E-state index in [9.17, 15) is 9.50 Å². The van der Waals surface area contributed by atoms with Crippen LogP contribution < -0.4 is 10.6 Å². The second kappa shape index (κ2) is 8.63. The number of fused-ring (bicyclic) bond motifs is 1. The Kier molecular flexibility index (Phi) is 6.54. The minimum Gasteiger partial charge on any atom is -0.505 e. The third kappa shape index (κ3) is 4.44. The maximum absolute atomic E-state index is 14.0. The number of aliphatic hydroxyl groups is 1. The van der Waals surface area contributed by atoms with Gasteiger partial charge in [-0.1, -0.05) is 20.3 Å². The van der Waals surface area contributed by atoms with Crippen molar-refractivity contribution in [3.8, 4) is 0 Å². The van der Waals surface area contributed by atoms with Crippen LogP contribution in [0.4, 0.5) is 4.39 Å². The molecule has 2 aromatic rings. The number of rotatable bonds is 3. The van der Waals surface area contributed by atoms with Crippen LogP contribution in [0, 0.1) is 5.82 Å². The van der Waals surface area contributed by atoms with E-state index in [2.05, 4.69) is 50.4 Å². The van der Waals surface area contributed by atoms with Crippen LogP contribution >= 0.6 is 15.9 Å². The van der Waals surface area contributed by atoms with Crippen LogP contribution in [-0.4, -0.2) is 21.6 Å². The number of benzene rings is 1. The molecule has 0 aliphatic carbocycles. The first kappa shape index (κ1) is 18.2. The van der Waals surface area contributed by atoms with Gasteiger partial charge in [-0.05, 0) is 22.0 Å². The molecule has 0 bridgehead atoms. The van der Waals surface area contributed by atoms with Crippen molar-refractivity contribution < 1.29 is 9.50 Å². The zero-order valence-corrected chi connectivity index (χ0v) is 15.2. The van der Waals surface area contributed by atoms with E-state index in [0.717, 1.165) is 0 Å². The highest BCUT2D eigenvalue weighted by atomic mass is 79.9. The number of aliphatic hydroxyl groups excluding tert-OH is 1. The molecule has 0 atom stereocenters. The largest absolute Gasteiger partial charge is 0.505 e. The number of halogens is 2. The molecule has 0 spiro atoms. The number of hydrogen-bond acceptors (Lipinski definition) is 5. The monoisotopic (exact) mass is 394 g/mol. The second-order valence-electron chi connectivity index (χ2n) is 5.24. The first-order valence-electron chi connectivity index (χ1n) is 7.71. The van der Waals surface area contributed by atoms with Gasteiger partial charge in [0.2, 0.25) is 0 Å².